The summed E-state index contributed by atoms with van der Waals surface area (Å²) in [5.74, 6) is 1.61. The first kappa shape index (κ1) is 54.8. The molecule has 0 bridgehead atoms. The zero-order valence-corrected chi connectivity index (χ0v) is 42.1. The summed E-state index contributed by atoms with van der Waals surface area (Å²) < 4.78 is 5.81. The minimum atomic E-state index is -0.825. The van der Waals surface area contributed by atoms with Crippen molar-refractivity contribution in [3.8, 4) is 5.75 Å². The Hall–Kier alpha value is -4.51. The van der Waals surface area contributed by atoms with E-state index in [1.165, 1.54) is 39.9 Å². The van der Waals surface area contributed by atoms with Gasteiger partial charge in [0.25, 0.3) is 0 Å². The van der Waals surface area contributed by atoms with Crippen LogP contribution in [0.3, 0.4) is 0 Å². The number of aryl methyl sites for hydroxylation is 1. The number of anilines is 2. The smallest absolute Gasteiger partial charge is 0.222 e. The number of hydrogen-bond donors (Lipinski definition) is 4. The molecule has 1 fully saturated rings. The molecular formula is C55H86N6O4. The number of benzene rings is 1. The molecule has 65 heavy (non-hydrogen) atoms. The summed E-state index contributed by atoms with van der Waals surface area (Å²) in [6.45, 7) is 21.8. The van der Waals surface area contributed by atoms with Gasteiger partial charge in [0.15, 0.2) is 0 Å². The highest BCUT2D eigenvalue weighted by Crippen LogP contribution is 2.31. The van der Waals surface area contributed by atoms with Crippen LogP contribution in [0.4, 0.5) is 11.8 Å². The molecule has 0 aliphatic carbocycles. The van der Waals surface area contributed by atoms with E-state index in [1.807, 2.05) is 34.9 Å². The van der Waals surface area contributed by atoms with Crippen molar-refractivity contribution in [2.24, 2.45) is 0 Å². The molecule has 1 aliphatic rings. The van der Waals surface area contributed by atoms with Crippen molar-refractivity contribution in [2.45, 2.75) is 171 Å². The number of carbonyl (C=O) groups excluding carboxylic acids is 1. The number of carbonyl (C=O) groups is 1. The van der Waals surface area contributed by atoms with Crippen LogP contribution >= 0.6 is 0 Å². The van der Waals surface area contributed by atoms with Crippen molar-refractivity contribution >= 4 is 17.7 Å². The fourth-order valence-electron chi connectivity index (χ4n) is 8.24. The third kappa shape index (κ3) is 20.7. The number of nitrogens with zero attached hydrogens (tertiary/aromatic N) is 4. The van der Waals surface area contributed by atoms with Crippen LogP contribution in [0.25, 0.3) is 0 Å². The second-order valence-corrected chi connectivity index (χ2v) is 18.6. The molecule has 360 valence electrons. The molecule has 1 amide bonds. The highest BCUT2D eigenvalue weighted by molar-refractivity contribution is 5.76. The Morgan fingerprint density at radius 1 is 0.769 bits per heavy atom. The Kier molecular flexibility index (Phi) is 25.2. The van der Waals surface area contributed by atoms with E-state index in [0.29, 0.717) is 50.6 Å². The average Bonchev–Trinajstić information content (AvgIpc) is 3.27. The second-order valence-electron chi connectivity index (χ2n) is 18.6. The van der Waals surface area contributed by atoms with Gasteiger partial charge in [-0.15, -0.1) is 0 Å². The van der Waals surface area contributed by atoms with Crippen LogP contribution in [0.5, 0.6) is 5.75 Å². The van der Waals surface area contributed by atoms with Gasteiger partial charge in [-0.05, 0) is 150 Å². The number of allylic oxidation sites excluding steroid dienone is 12. The molecule has 2 atom stereocenters. The Labute approximate surface area is 393 Å². The summed E-state index contributed by atoms with van der Waals surface area (Å²) in [6.07, 6.45) is 27.9. The Bertz CT molecular complexity index is 1970. The lowest BCUT2D eigenvalue weighted by Gasteiger charge is -2.37. The molecule has 2 aromatic rings. The first-order chi connectivity index (χ1) is 31.1. The lowest BCUT2D eigenvalue weighted by Crippen LogP contribution is -2.49. The highest BCUT2D eigenvalue weighted by atomic mass is 16.5. The number of nitrogen functional groups attached to an aromatic ring is 1. The topological polar surface area (TPSA) is 137 Å². The van der Waals surface area contributed by atoms with Crippen LogP contribution in [0.15, 0.2) is 88.1 Å². The number of amides is 1. The average molecular weight is 895 g/mol. The van der Waals surface area contributed by atoms with Crippen LogP contribution in [0.2, 0.25) is 0 Å². The number of methoxy groups -OCH3 is 1. The summed E-state index contributed by atoms with van der Waals surface area (Å²) >= 11 is 0. The van der Waals surface area contributed by atoms with Crippen LogP contribution in [0.1, 0.15) is 174 Å². The molecular weight excluding hydrogens is 809 g/mol. The van der Waals surface area contributed by atoms with Gasteiger partial charge < -0.3 is 30.9 Å². The van der Waals surface area contributed by atoms with Gasteiger partial charge in [-0.1, -0.05) is 95.4 Å². The molecule has 0 saturated carbocycles. The zero-order chi connectivity index (χ0) is 47.7. The number of unbranched alkanes of at least 4 members (excludes halogenated alkanes) is 1. The zero-order valence-electron chi connectivity index (χ0n) is 42.1. The highest BCUT2D eigenvalue weighted by Gasteiger charge is 2.27. The lowest BCUT2D eigenvalue weighted by atomic mass is 10.00. The maximum Gasteiger partial charge on any atom is 0.222 e. The molecule has 0 spiro atoms. The third-order valence-corrected chi connectivity index (χ3v) is 12.5. The quantitative estimate of drug-likeness (QED) is 0.0486. The third-order valence-electron chi connectivity index (χ3n) is 12.5. The molecule has 1 aliphatic heterocycles. The van der Waals surface area contributed by atoms with Crippen LogP contribution in [0, 0.1) is 6.92 Å². The van der Waals surface area contributed by atoms with Crippen LogP contribution in [-0.2, 0) is 11.2 Å². The molecule has 10 nitrogen and oxygen atoms in total. The Morgan fingerprint density at radius 3 is 1.80 bits per heavy atom. The lowest BCUT2D eigenvalue weighted by molar-refractivity contribution is -0.134. The molecule has 1 aromatic heterocycles. The number of rotatable bonds is 28. The number of aliphatic hydroxyl groups excluding tert-OH is 2. The van der Waals surface area contributed by atoms with Crippen molar-refractivity contribution < 1.29 is 19.7 Å². The van der Waals surface area contributed by atoms with E-state index in [4.69, 9.17) is 10.5 Å². The maximum atomic E-state index is 13.2. The van der Waals surface area contributed by atoms with Crippen molar-refractivity contribution in [3.63, 3.8) is 0 Å². The number of nitrogens with two attached hydrogens (primary N) is 1. The number of ether oxygens (including phenoxy) is 1. The standard InChI is InChI=1S/C55H86N6O4/c1-11-18-49(39-62)58-53-50(46(9)57-55(56)59-53)37-47-30-31-48(38-51(47)65-10)54(64)61-35-33-60(34-36-61)52(63)32-29-45(8)28-17-27-44(7)26-16-24-42(5)21-13-12-20-41(4)23-15-25-43(6)22-14-19-40(2)3/h19-21,25-26,28,30-31,38,49,54,62,64H,11-18,22-24,27,29,32-37,39H2,1-10H3,(H3,56,57,58,59)/b41-20+,42-21+,43-25+,44-26+,45-28+/t49-,54?/m0/s1. The van der Waals surface area contributed by atoms with Crippen molar-refractivity contribution in [1.29, 1.82) is 0 Å². The van der Waals surface area contributed by atoms with Gasteiger partial charge in [0.05, 0.1) is 19.8 Å². The summed E-state index contributed by atoms with van der Waals surface area (Å²) in [7, 11) is 1.63. The van der Waals surface area contributed by atoms with Gasteiger partial charge in [0.1, 0.15) is 17.8 Å². The fourth-order valence-corrected chi connectivity index (χ4v) is 8.24. The Morgan fingerprint density at radius 2 is 1.29 bits per heavy atom. The molecule has 1 saturated heterocycles. The number of piperazine rings is 1. The minimum Gasteiger partial charge on any atom is -0.496 e. The fraction of sp³-hybridized carbons (Fsp3) is 0.582. The Balaban J connectivity index is 1.38. The molecule has 1 unspecified atom stereocenters. The normalized spacial score (nSPS) is 15.6. The summed E-state index contributed by atoms with van der Waals surface area (Å²) in [4.78, 5) is 26.0. The summed E-state index contributed by atoms with van der Waals surface area (Å²) in [6, 6.07) is 5.64. The summed E-state index contributed by atoms with van der Waals surface area (Å²) in [5.41, 5.74) is 17.8. The van der Waals surface area contributed by atoms with Gasteiger partial charge in [-0.2, -0.15) is 4.98 Å². The molecule has 0 radical (unpaired) electrons. The molecule has 2 heterocycles. The van der Waals surface area contributed by atoms with Crippen LogP contribution < -0.4 is 15.8 Å². The maximum absolute atomic E-state index is 13.2. The van der Waals surface area contributed by atoms with Crippen molar-refractivity contribution in [2.75, 3.05) is 50.9 Å². The predicted octanol–water partition coefficient (Wildman–Crippen LogP) is 12.1. The largest absolute Gasteiger partial charge is 0.496 e. The van der Waals surface area contributed by atoms with E-state index in [2.05, 4.69) is 107 Å². The number of nitrogens with one attached hydrogen (secondary N) is 1. The van der Waals surface area contributed by atoms with Gasteiger partial charge >= 0.3 is 0 Å². The number of aliphatic hydroxyl groups is 2. The SMILES string of the molecule is CCC[C@@H](CO)Nc1nc(N)nc(C)c1Cc1ccc(C(O)N2CCN(C(=O)CC/C(C)=C/CC/C(C)=C/CC/C(C)=C/CC/C=C(\C)CC/C=C(\C)CCC=C(C)C)CC2)cc1OC. The number of hydrogen-bond acceptors (Lipinski definition) is 9. The summed E-state index contributed by atoms with van der Waals surface area (Å²) in [5, 5.41) is 24.7. The molecule has 1 aromatic carbocycles. The van der Waals surface area contributed by atoms with Gasteiger partial charge in [0, 0.05) is 50.3 Å². The van der Waals surface area contributed by atoms with E-state index in [1.54, 1.807) is 7.11 Å². The van der Waals surface area contributed by atoms with Crippen LogP contribution in [-0.4, -0.2) is 81.8 Å². The van der Waals surface area contributed by atoms with E-state index in [0.717, 1.165) is 99.4 Å². The van der Waals surface area contributed by atoms with E-state index in [-0.39, 0.29) is 24.5 Å². The molecule has 5 N–H and O–H groups in total. The molecule has 3 rings (SSSR count). The first-order valence-corrected chi connectivity index (χ1v) is 24.4. The molecule has 10 heteroatoms. The van der Waals surface area contributed by atoms with E-state index < -0.39 is 6.23 Å². The first-order valence-electron chi connectivity index (χ1n) is 24.4. The van der Waals surface area contributed by atoms with E-state index in [9.17, 15) is 15.0 Å². The van der Waals surface area contributed by atoms with Crippen molar-refractivity contribution in [1.82, 2.24) is 19.8 Å². The minimum absolute atomic E-state index is 0.0150. The van der Waals surface area contributed by atoms with Gasteiger partial charge in [-0.3, -0.25) is 9.69 Å². The van der Waals surface area contributed by atoms with Crippen molar-refractivity contribution in [3.05, 3.63) is 110 Å². The number of aromatic nitrogens is 2. The monoisotopic (exact) mass is 895 g/mol. The van der Waals surface area contributed by atoms with E-state index >= 15 is 0 Å². The second kappa shape index (κ2) is 29.9. The van der Waals surface area contributed by atoms with Gasteiger partial charge in [0.2, 0.25) is 11.9 Å². The van der Waals surface area contributed by atoms with Gasteiger partial charge in [-0.25, -0.2) is 4.98 Å². The predicted molar refractivity (Wildman–Crippen MR) is 273 cm³/mol.